The molecule has 0 saturated carbocycles. The van der Waals surface area contributed by atoms with Gasteiger partial charge in [0.05, 0.1) is 6.54 Å². The van der Waals surface area contributed by atoms with Crippen LogP contribution in [0.1, 0.15) is 0 Å². The van der Waals surface area contributed by atoms with E-state index in [1.807, 2.05) is 0 Å². The Kier molecular flexibility index (Phi) is 7.24. The van der Waals surface area contributed by atoms with Crippen LogP contribution in [0.5, 0.6) is 5.75 Å². The maximum Gasteiger partial charge on any atom is 0.238 e. The fourth-order valence-electron chi connectivity index (χ4n) is 1.03. The molecule has 0 aliphatic heterocycles. The largest absolute Gasteiger partial charge is 0.491 e. The highest BCUT2D eigenvalue weighted by Crippen LogP contribution is 2.16. The molecule has 0 unspecified atom stereocenters. The van der Waals surface area contributed by atoms with Gasteiger partial charge in [-0.2, -0.15) is 0 Å². The molecule has 0 heterocycles. The van der Waals surface area contributed by atoms with Gasteiger partial charge >= 0.3 is 0 Å². The van der Waals surface area contributed by atoms with Crippen molar-refractivity contribution in [2.75, 3.05) is 25.1 Å². The quantitative estimate of drug-likeness (QED) is 0.827. The van der Waals surface area contributed by atoms with E-state index in [2.05, 4.69) is 5.32 Å². The Hall–Kier alpha value is -1.33. The summed E-state index contributed by atoms with van der Waals surface area (Å²) >= 11 is 0. The van der Waals surface area contributed by atoms with Crippen molar-refractivity contribution in [3.63, 3.8) is 0 Å². The summed E-state index contributed by atoms with van der Waals surface area (Å²) < 4.78 is 16.9. The Bertz CT molecular complexity index is 336. The van der Waals surface area contributed by atoms with Crippen LogP contribution in [0.4, 0.5) is 10.1 Å². The second kappa shape index (κ2) is 7.90. The zero-order valence-corrected chi connectivity index (χ0v) is 9.43. The molecule has 90 valence electrons. The van der Waals surface area contributed by atoms with E-state index in [-0.39, 0.29) is 31.5 Å². The number of halogens is 2. The van der Waals surface area contributed by atoms with Crippen molar-refractivity contribution in [2.45, 2.75) is 0 Å². The molecule has 0 atom stereocenters. The van der Waals surface area contributed by atoms with Crippen molar-refractivity contribution < 1.29 is 13.9 Å². The molecule has 4 nitrogen and oxygen atoms in total. The van der Waals surface area contributed by atoms with Gasteiger partial charge in [-0.3, -0.25) is 4.79 Å². The van der Waals surface area contributed by atoms with Gasteiger partial charge in [0.1, 0.15) is 19.0 Å². The lowest BCUT2D eigenvalue weighted by atomic mass is 10.3. The van der Waals surface area contributed by atoms with Gasteiger partial charge in [-0.15, -0.1) is 12.4 Å². The fourth-order valence-corrected chi connectivity index (χ4v) is 1.03. The third kappa shape index (κ3) is 4.95. The summed E-state index contributed by atoms with van der Waals surface area (Å²) in [4.78, 5) is 11.0. The van der Waals surface area contributed by atoms with E-state index >= 15 is 0 Å². The Morgan fingerprint density at radius 1 is 1.50 bits per heavy atom. The summed E-state index contributed by atoms with van der Waals surface area (Å²) in [5.74, 6) is 0.236. The average Bonchev–Trinajstić information content (AvgIpc) is 2.26. The van der Waals surface area contributed by atoms with E-state index < -0.39 is 6.67 Å². The normalized spacial score (nSPS) is 9.12. The van der Waals surface area contributed by atoms with Gasteiger partial charge in [0.25, 0.3) is 0 Å². The highest BCUT2D eigenvalue weighted by atomic mass is 35.5. The Morgan fingerprint density at radius 2 is 2.25 bits per heavy atom. The summed E-state index contributed by atoms with van der Waals surface area (Å²) in [6, 6.07) is 6.71. The Balaban J connectivity index is 0.00000225. The minimum Gasteiger partial charge on any atom is -0.491 e. The number of ether oxygens (including phenoxy) is 1. The molecule has 16 heavy (non-hydrogen) atoms. The van der Waals surface area contributed by atoms with Crippen molar-refractivity contribution in [1.29, 1.82) is 0 Å². The molecule has 3 N–H and O–H groups in total. The Morgan fingerprint density at radius 3 is 2.88 bits per heavy atom. The number of anilines is 1. The third-order valence-electron chi connectivity index (χ3n) is 1.65. The third-order valence-corrected chi connectivity index (χ3v) is 1.65. The molecule has 0 fully saturated rings. The first-order valence-electron chi connectivity index (χ1n) is 4.55. The summed E-state index contributed by atoms with van der Waals surface area (Å²) in [6.45, 7) is -0.608. The smallest absolute Gasteiger partial charge is 0.238 e. The van der Waals surface area contributed by atoms with Gasteiger partial charge in [0, 0.05) is 11.8 Å². The van der Waals surface area contributed by atoms with Crippen molar-refractivity contribution in [3.8, 4) is 5.75 Å². The van der Waals surface area contributed by atoms with Gasteiger partial charge in [0.15, 0.2) is 0 Å². The molecule has 6 heteroatoms. The monoisotopic (exact) mass is 248 g/mol. The molecule has 1 aromatic rings. The van der Waals surface area contributed by atoms with Crippen LogP contribution in [-0.2, 0) is 4.79 Å². The van der Waals surface area contributed by atoms with E-state index in [0.717, 1.165) is 0 Å². The van der Waals surface area contributed by atoms with Crippen LogP contribution in [-0.4, -0.2) is 25.7 Å². The highest BCUT2D eigenvalue weighted by molar-refractivity contribution is 5.92. The number of nitrogens with one attached hydrogen (secondary N) is 1. The molecule has 0 bridgehead atoms. The molecule has 0 saturated heterocycles. The fraction of sp³-hybridized carbons (Fsp3) is 0.300. The maximum atomic E-state index is 11.8. The predicted molar refractivity (Wildman–Crippen MR) is 62.8 cm³/mol. The zero-order chi connectivity index (χ0) is 11.1. The minimum atomic E-state index is -0.542. The number of hydrogen-bond donors (Lipinski definition) is 2. The second-order valence-corrected chi connectivity index (χ2v) is 2.82. The highest BCUT2D eigenvalue weighted by Gasteiger charge is 2.00. The van der Waals surface area contributed by atoms with Crippen LogP contribution >= 0.6 is 12.4 Å². The summed E-state index contributed by atoms with van der Waals surface area (Å²) in [5, 5.41) is 2.57. The molecule has 1 aromatic carbocycles. The van der Waals surface area contributed by atoms with E-state index in [1.54, 1.807) is 24.3 Å². The number of alkyl halides is 1. The molecule has 0 spiro atoms. The molecule has 1 rings (SSSR count). The van der Waals surface area contributed by atoms with E-state index in [9.17, 15) is 9.18 Å². The molecule has 0 aliphatic carbocycles. The molecule has 1 amide bonds. The Labute approximate surface area is 99.4 Å². The second-order valence-electron chi connectivity index (χ2n) is 2.82. The first-order valence-corrected chi connectivity index (χ1v) is 4.55. The van der Waals surface area contributed by atoms with Crippen molar-refractivity contribution in [3.05, 3.63) is 24.3 Å². The van der Waals surface area contributed by atoms with Crippen molar-refractivity contribution in [1.82, 2.24) is 0 Å². The SMILES string of the molecule is Cl.NCC(=O)Nc1cccc(OCCF)c1. The number of carbonyl (C=O) groups is 1. The lowest BCUT2D eigenvalue weighted by molar-refractivity contribution is -0.114. The predicted octanol–water partition coefficient (Wildman–Crippen LogP) is 1.35. The van der Waals surface area contributed by atoms with Gasteiger partial charge in [-0.25, -0.2) is 4.39 Å². The van der Waals surface area contributed by atoms with Gasteiger partial charge < -0.3 is 15.8 Å². The molecule has 0 radical (unpaired) electrons. The number of nitrogens with two attached hydrogens (primary N) is 1. The summed E-state index contributed by atoms with van der Waals surface area (Å²) in [7, 11) is 0. The van der Waals surface area contributed by atoms with Crippen molar-refractivity contribution >= 4 is 24.0 Å². The lowest BCUT2D eigenvalue weighted by Gasteiger charge is -2.07. The number of carbonyl (C=O) groups excluding carboxylic acids is 1. The zero-order valence-electron chi connectivity index (χ0n) is 8.61. The van der Waals surface area contributed by atoms with Crippen LogP contribution in [0.2, 0.25) is 0 Å². The van der Waals surface area contributed by atoms with Crippen LogP contribution < -0.4 is 15.8 Å². The van der Waals surface area contributed by atoms with E-state index in [0.29, 0.717) is 11.4 Å². The summed E-state index contributed by atoms with van der Waals surface area (Å²) in [6.07, 6.45) is 0. The number of amides is 1. The van der Waals surface area contributed by atoms with Crippen LogP contribution in [0.15, 0.2) is 24.3 Å². The summed E-state index contributed by atoms with van der Waals surface area (Å²) in [5.41, 5.74) is 5.73. The topological polar surface area (TPSA) is 64.4 Å². The van der Waals surface area contributed by atoms with Crippen LogP contribution in [0, 0.1) is 0 Å². The molecular weight excluding hydrogens is 235 g/mol. The van der Waals surface area contributed by atoms with Crippen LogP contribution in [0.25, 0.3) is 0 Å². The van der Waals surface area contributed by atoms with E-state index in [1.165, 1.54) is 0 Å². The maximum absolute atomic E-state index is 11.8. The number of hydrogen-bond acceptors (Lipinski definition) is 3. The number of benzene rings is 1. The standard InChI is InChI=1S/C10H13FN2O2.ClH/c11-4-5-15-9-3-1-2-8(6-9)13-10(14)7-12;/h1-3,6H,4-5,7,12H2,(H,13,14);1H. The van der Waals surface area contributed by atoms with Crippen LogP contribution in [0.3, 0.4) is 0 Å². The lowest BCUT2D eigenvalue weighted by Crippen LogP contribution is -2.21. The molecule has 0 aliphatic rings. The molecular formula is C10H14ClFN2O2. The van der Waals surface area contributed by atoms with Crippen molar-refractivity contribution in [2.24, 2.45) is 5.73 Å². The first kappa shape index (κ1) is 14.7. The number of rotatable bonds is 5. The average molecular weight is 249 g/mol. The molecule has 0 aromatic heterocycles. The first-order chi connectivity index (χ1) is 7.26. The van der Waals surface area contributed by atoms with Gasteiger partial charge in [-0.05, 0) is 12.1 Å². The van der Waals surface area contributed by atoms with Gasteiger partial charge in [-0.1, -0.05) is 6.07 Å². The minimum absolute atomic E-state index is 0. The van der Waals surface area contributed by atoms with E-state index in [4.69, 9.17) is 10.5 Å². The van der Waals surface area contributed by atoms with Gasteiger partial charge in [0.2, 0.25) is 5.91 Å².